The molecule has 31 heavy (non-hydrogen) atoms. The van der Waals surface area contributed by atoms with Crippen molar-refractivity contribution in [2.24, 2.45) is 11.8 Å². The lowest BCUT2D eigenvalue weighted by molar-refractivity contribution is -0.121. The highest BCUT2D eigenvalue weighted by atomic mass is 16.1. The molecule has 3 aliphatic rings. The van der Waals surface area contributed by atoms with Gasteiger partial charge in [-0.25, -0.2) is 9.97 Å². The molecular weight excluding hydrogens is 384 g/mol. The summed E-state index contributed by atoms with van der Waals surface area (Å²) in [7, 11) is 2.22. The topological polar surface area (TPSA) is 49.3 Å². The van der Waals surface area contributed by atoms with Crippen molar-refractivity contribution < 1.29 is 4.79 Å². The fourth-order valence-electron chi connectivity index (χ4n) is 5.98. The second kappa shape index (κ2) is 8.70. The molecule has 3 fully saturated rings. The lowest BCUT2D eigenvalue weighted by Crippen LogP contribution is -2.53. The van der Waals surface area contributed by atoms with Crippen LogP contribution in [-0.2, 0) is 11.2 Å². The van der Waals surface area contributed by atoms with Crippen molar-refractivity contribution in [3.63, 3.8) is 0 Å². The number of fused-ring (bicyclic) bond motifs is 2. The molecule has 1 aromatic carbocycles. The number of piperazine rings is 1. The van der Waals surface area contributed by atoms with Gasteiger partial charge < -0.3 is 9.80 Å². The summed E-state index contributed by atoms with van der Waals surface area (Å²) in [5, 5.41) is 0. The lowest BCUT2D eigenvalue weighted by Gasteiger charge is -2.39. The minimum atomic E-state index is 0.308. The summed E-state index contributed by atoms with van der Waals surface area (Å²) in [4.78, 5) is 26.0. The number of rotatable bonds is 5. The van der Waals surface area contributed by atoms with E-state index >= 15 is 0 Å². The van der Waals surface area contributed by atoms with Gasteiger partial charge in [0.15, 0.2) is 0 Å². The van der Waals surface area contributed by atoms with Gasteiger partial charge in [0.05, 0.1) is 0 Å². The second-order valence-corrected chi connectivity index (χ2v) is 10.0. The maximum atomic E-state index is 11.6. The van der Waals surface area contributed by atoms with Crippen molar-refractivity contribution in [3.05, 3.63) is 42.2 Å². The Hall–Kier alpha value is -2.27. The van der Waals surface area contributed by atoms with Gasteiger partial charge in [-0.1, -0.05) is 24.3 Å². The number of carbonyl (C=O) groups is 1. The molecule has 5 nitrogen and oxygen atoms in total. The molecule has 1 saturated carbocycles. The van der Waals surface area contributed by atoms with Crippen LogP contribution in [0.15, 0.2) is 36.7 Å². The summed E-state index contributed by atoms with van der Waals surface area (Å²) in [6, 6.07) is 10.0. The number of hydrogen-bond acceptors (Lipinski definition) is 5. The van der Waals surface area contributed by atoms with Crippen LogP contribution in [-0.4, -0.2) is 52.9 Å². The SMILES string of the molecule is CC(=O)[C@H]1CC[C@@H](Cc2ccc(-c3cnc(N4C5CCC4CN(C)C5)nc3)cc2)CC1. The Morgan fingerprint density at radius 2 is 1.52 bits per heavy atom. The summed E-state index contributed by atoms with van der Waals surface area (Å²) >= 11 is 0. The largest absolute Gasteiger partial charge is 0.332 e. The van der Waals surface area contributed by atoms with E-state index in [9.17, 15) is 4.79 Å². The number of likely N-dealkylation sites (tertiary alicyclic amines) is 1. The Kier molecular flexibility index (Phi) is 5.79. The molecule has 164 valence electrons. The number of ketones is 1. The lowest BCUT2D eigenvalue weighted by atomic mass is 9.78. The average molecular weight is 419 g/mol. The van der Waals surface area contributed by atoms with Crippen LogP contribution in [0.4, 0.5) is 5.95 Å². The molecule has 5 rings (SSSR count). The van der Waals surface area contributed by atoms with E-state index in [0.29, 0.717) is 29.7 Å². The first-order valence-electron chi connectivity index (χ1n) is 12.0. The van der Waals surface area contributed by atoms with Crippen LogP contribution in [0.5, 0.6) is 0 Å². The monoisotopic (exact) mass is 418 g/mol. The molecule has 1 aliphatic carbocycles. The number of nitrogens with zero attached hydrogens (tertiary/aromatic N) is 4. The number of carbonyl (C=O) groups excluding carboxylic acids is 1. The van der Waals surface area contributed by atoms with Crippen molar-refractivity contribution in [1.82, 2.24) is 14.9 Å². The van der Waals surface area contributed by atoms with Gasteiger partial charge in [-0.2, -0.15) is 0 Å². The third-order valence-electron chi connectivity index (χ3n) is 7.77. The van der Waals surface area contributed by atoms with E-state index in [0.717, 1.165) is 43.9 Å². The standard InChI is InChI=1S/C26H34N4O/c1-18(31)21-7-3-19(4-8-21)13-20-5-9-22(10-6-20)23-14-27-26(28-15-23)30-24-11-12-25(30)17-29(2)16-24/h5-6,9-10,14-15,19,21,24-25H,3-4,7-8,11-13,16-17H2,1-2H3/t19-,21+,24?,25?. The van der Waals surface area contributed by atoms with Crippen molar-refractivity contribution >= 4 is 11.7 Å². The molecule has 2 bridgehead atoms. The third-order valence-corrected chi connectivity index (χ3v) is 7.77. The molecule has 2 saturated heterocycles. The zero-order chi connectivity index (χ0) is 21.4. The molecule has 5 heteroatoms. The molecule has 0 N–H and O–H groups in total. The van der Waals surface area contributed by atoms with Crippen molar-refractivity contribution in [1.29, 1.82) is 0 Å². The molecule has 0 radical (unpaired) electrons. The molecule has 2 unspecified atom stereocenters. The van der Waals surface area contributed by atoms with Gasteiger partial charge >= 0.3 is 0 Å². The quantitative estimate of drug-likeness (QED) is 0.722. The first-order chi connectivity index (χ1) is 15.1. The fraction of sp³-hybridized carbons (Fsp3) is 0.577. The summed E-state index contributed by atoms with van der Waals surface area (Å²) in [6.07, 6.45) is 12.1. The Labute approximate surface area is 185 Å². The van der Waals surface area contributed by atoms with E-state index in [1.807, 2.05) is 12.4 Å². The smallest absolute Gasteiger partial charge is 0.225 e. The molecule has 0 spiro atoms. The van der Waals surface area contributed by atoms with Crippen molar-refractivity contribution in [2.45, 2.75) is 64.0 Å². The Bertz CT molecular complexity index is 888. The van der Waals surface area contributed by atoms with E-state index in [4.69, 9.17) is 9.97 Å². The van der Waals surface area contributed by atoms with Gasteiger partial charge in [-0.15, -0.1) is 0 Å². The van der Waals surface area contributed by atoms with Gasteiger partial charge in [0, 0.05) is 49.0 Å². The van der Waals surface area contributed by atoms with Crippen molar-refractivity contribution in [3.8, 4) is 11.1 Å². The van der Waals surface area contributed by atoms with Crippen LogP contribution in [0.25, 0.3) is 11.1 Å². The van der Waals surface area contributed by atoms with E-state index < -0.39 is 0 Å². The Morgan fingerprint density at radius 3 is 2.10 bits per heavy atom. The normalized spacial score (nSPS) is 28.6. The maximum Gasteiger partial charge on any atom is 0.225 e. The molecule has 2 aromatic rings. The van der Waals surface area contributed by atoms with Crippen LogP contribution >= 0.6 is 0 Å². The number of likely N-dealkylation sites (N-methyl/N-ethyl adjacent to an activating group) is 1. The minimum absolute atomic E-state index is 0.308. The molecule has 1 aromatic heterocycles. The highest BCUT2D eigenvalue weighted by Crippen LogP contribution is 2.34. The van der Waals surface area contributed by atoms with Gasteiger partial charge in [0.1, 0.15) is 5.78 Å². The summed E-state index contributed by atoms with van der Waals surface area (Å²) in [5.74, 6) is 2.28. The van der Waals surface area contributed by atoms with Gasteiger partial charge in [-0.3, -0.25) is 4.79 Å². The van der Waals surface area contributed by atoms with Gasteiger partial charge in [0.2, 0.25) is 5.95 Å². The number of benzene rings is 1. The predicted molar refractivity (Wildman–Crippen MR) is 124 cm³/mol. The zero-order valence-electron chi connectivity index (χ0n) is 18.8. The average Bonchev–Trinajstić information content (AvgIpc) is 3.06. The first-order valence-corrected chi connectivity index (χ1v) is 12.0. The van der Waals surface area contributed by atoms with E-state index in [2.05, 4.69) is 41.1 Å². The number of anilines is 1. The summed E-state index contributed by atoms with van der Waals surface area (Å²) in [5.41, 5.74) is 3.65. The molecular formula is C26H34N4O. The van der Waals surface area contributed by atoms with Gasteiger partial charge in [-0.05, 0) is 76.0 Å². The predicted octanol–water partition coefficient (Wildman–Crippen LogP) is 4.36. The van der Waals surface area contributed by atoms with E-state index in [-0.39, 0.29) is 0 Å². The number of Topliss-reactive ketones (excluding diaryl/α,β-unsaturated/α-hetero) is 1. The zero-order valence-corrected chi connectivity index (χ0v) is 18.8. The van der Waals surface area contributed by atoms with Crippen molar-refractivity contribution in [2.75, 3.05) is 25.0 Å². The summed E-state index contributed by atoms with van der Waals surface area (Å²) in [6.45, 7) is 3.97. The molecule has 2 atom stereocenters. The number of hydrogen-bond donors (Lipinski definition) is 0. The van der Waals surface area contributed by atoms with Crippen LogP contribution in [0, 0.1) is 11.8 Å². The van der Waals surface area contributed by atoms with E-state index in [1.54, 1.807) is 6.92 Å². The fourth-order valence-corrected chi connectivity index (χ4v) is 5.98. The summed E-state index contributed by atoms with van der Waals surface area (Å²) < 4.78 is 0. The highest BCUT2D eigenvalue weighted by Gasteiger charge is 2.40. The number of aromatic nitrogens is 2. The van der Waals surface area contributed by atoms with Crippen LogP contribution < -0.4 is 4.90 Å². The van der Waals surface area contributed by atoms with Gasteiger partial charge in [0.25, 0.3) is 0 Å². The first kappa shape index (κ1) is 20.6. The maximum absolute atomic E-state index is 11.6. The minimum Gasteiger partial charge on any atom is -0.332 e. The highest BCUT2D eigenvalue weighted by molar-refractivity contribution is 5.78. The Balaban J connectivity index is 1.21. The molecule has 3 heterocycles. The van der Waals surface area contributed by atoms with Crippen LogP contribution in [0.2, 0.25) is 0 Å². The second-order valence-electron chi connectivity index (χ2n) is 10.0. The third kappa shape index (κ3) is 4.38. The van der Waals surface area contributed by atoms with E-state index in [1.165, 1.54) is 36.8 Å². The van der Waals surface area contributed by atoms with Crippen LogP contribution in [0.1, 0.15) is 51.0 Å². The molecule has 2 aliphatic heterocycles. The molecule has 0 amide bonds. The van der Waals surface area contributed by atoms with Crippen LogP contribution in [0.3, 0.4) is 0 Å². The Morgan fingerprint density at radius 1 is 0.903 bits per heavy atom.